The Morgan fingerprint density at radius 2 is 1.77 bits per heavy atom. The molecule has 6 heteroatoms. The molecule has 1 fully saturated rings. The summed E-state index contributed by atoms with van der Waals surface area (Å²) >= 11 is 5.82. The highest BCUT2D eigenvalue weighted by Gasteiger charge is 2.24. The van der Waals surface area contributed by atoms with Crippen molar-refractivity contribution < 1.29 is 9.59 Å². The summed E-state index contributed by atoms with van der Waals surface area (Å²) in [5, 5.41) is 6.51. The standard InChI is InChI=1S/C16H22ClN3O2/c1-11(2)15(21)18-14-7-9-20(10-8-14)16(22)19-13-5-3-12(17)4-6-13/h3-6,11,14H,7-10H2,1-2H3,(H,18,21)(H,19,22). The number of piperidine rings is 1. The van der Waals surface area contributed by atoms with Crippen LogP contribution in [0.25, 0.3) is 0 Å². The molecule has 0 radical (unpaired) electrons. The van der Waals surface area contributed by atoms with E-state index < -0.39 is 0 Å². The lowest BCUT2D eigenvalue weighted by atomic mass is 10.0. The number of hydrogen-bond donors (Lipinski definition) is 2. The fraction of sp³-hybridized carbons (Fsp3) is 0.500. The summed E-state index contributed by atoms with van der Waals surface area (Å²) in [4.78, 5) is 25.6. The second-order valence-electron chi connectivity index (χ2n) is 5.86. The zero-order chi connectivity index (χ0) is 16.1. The van der Waals surface area contributed by atoms with Gasteiger partial charge in [0.1, 0.15) is 0 Å². The van der Waals surface area contributed by atoms with Gasteiger partial charge in [-0.05, 0) is 37.1 Å². The van der Waals surface area contributed by atoms with Crippen molar-refractivity contribution in [3.8, 4) is 0 Å². The number of benzene rings is 1. The van der Waals surface area contributed by atoms with E-state index in [-0.39, 0.29) is 23.9 Å². The molecule has 1 aromatic rings. The molecule has 0 aromatic heterocycles. The lowest BCUT2D eigenvalue weighted by molar-refractivity contribution is -0.124. The maximum atomic E-state index is 12.2. The van der Waals surface area contributed by atoms with Crippen LogP contribution in [0.5, 0.6) is 0 Å². The molecule has 1 aromatic carbocycles. The molecule has 1 aliphatic heterocycles. The zero-order valence-corrected chi connectivity index (χ0v) is 13.7. The van der Waals surface area contributed by atoms with Gasteiger partial charge >= 0.3 is 6.03 Å². The maximum Gasteiger partial charge on any atom is 0.321 e. The van der Waals surface area contributed by atoms with E-state index in [1.165, 1.54) is 0 Å². The molecule has 1 aliphatic rings. The molecule has 0 aliphatic carbocycles. The molecule has 1 heterocycles. The number of nitrogens with zero attached hydrogens (tertiary/aromatic N) is 1. The highest BCUT2D eigenvalue weighted by molar-refractivity contribution is 6.30. The van der Waals surface area contributed by atoms with Gasteiger partial charge in [0.25, 0.3) is 0 Å². The van der Waals surface area contributed by atoms with E-state index in [4.69, 9.17) is 11.6 Å². The minimum Gasteiger partial charge on any atom is -0.353 e. The highest BCUT2D eigenvalue weighted by Crippen LogP contribution is 2.16. The number of rotatable bonds is 3. The summed E-state index contributed by atoms with van der Waals surface area (Å²) in [7, 11) is 0. The summed E-state index contributed by atoms with van der Waals surface area (Å²) in [6, 6.07) is 7.08. The van der Waals surface area contributed by atoms with Crippen LogP contribution in [0.15, 0.2) is 24.3 Å². The average molecular weight is 324 g/mol. The Balaban J connectivity index is 1.79. The van der Waals surface area contributed by atoms with Gasteiger partial charge in [0.2, 0.25) is 5.91 Å². The summed E-state index contributed by atoms with van der Waals surface area (Å²) in [5.74, 6) is 0.0651. The van der Waals surface area contributed by atoms with E-state index in [1.54, 1.807) is 29.2 Å². The van der Waals surface area contributed by atoms with Gasteiger partial charge in [-0.3, -0.25) is 4.79 Å². The topological polar surface area (TPSA) is 61.4 Å². The minimum atomic E-state index is -0.115. The number of nitrogens with one attached hydrogen (secondary N) is 2. The maximum absolute atomic E-state index is 12.2. The van der Waals surface area contributed by atoms with E-state index in [0.717, 1.165) is 18.5 Å². The Kier molecular flexibility index (Phi) is 5.66. The quantitative estimate of drug-likeness (QED) is 0.897. The van der Waals surface area contributed by atoms with Crippen molar-refractivity contribution in [2.24, 2.45) is 5.92 Å². The van der Waals surface area contributed by atoms with Crippen LogP contribution in [0.1, 0.15) is 26.7 Å². The predicted octanol–water partition coefficient (Wildman–Crippen LogP) is 3.11. The number of likely N-dealkylation sites (tertiary alicyclic amines) is 1. The van der Waals surface area contributed by atoms with Crippen molar-refractivity contribution in [3.05, 3.63) is 29.3 Å². The molecular weight excluding hydrogens is 302 g/mol. The number of carbonyl (C=O) groups is 2. The summed E-state index contributed by atoms with van der Waals surface area (Å²) in [6.07, 6.45) is 1.57. The van der Waals surface area contributed by atoms with E-state index in [1.807, 2.05) is 13.8 Å². The van der Waals surface area contributed by atoms with Crippen LogP contribution in [0, 0.1) is 5.92 Å². The first kappa shape index (κ1) is 16.6. The van der Waals surface area contributed by atoms with Crippen LogP contribution >= 0.6 is 11.6 Å². The molecule has 22 heavy (non-hydrogen) atoms. The predicted molar refractivity (Wildman–Crippen MR) is 88.0 cm³/mol. The second-order valence-corrected chi connectivity index (χ2v) is 6.30. The van der Waals surface area contributed by atoms with Crippen LogP contribution in [-0.4, -0.2) is 36.0 Å². The van der Waals surface area contributed by atoms with E-state index in [2.05, 4.69) is 10.6 Å². The van der Waals surface area contributed by atoms with Gasteiger partial charge in [-0.25, -0.2) is 4.79 Å². The Morgan fingerprint density at radius 1 is 1.18 bits per heavy atom. The largest absolute Gasteiger partial charge is 0.353 e. The summed E-state index contributed by atoms with van der Waals surface area (Å²) < 4.78 is 0. The number of urea groups is 1. The fourth-order valence-electron chi connectivity index (χ4n) is 2.33. The third-order valence-electron chi connectivity index (χ3n) is 3.75. The Hall–Kier alpha value is -1.75. The van der Waals surface area contributed by atoms with Gasteiger partial charge in [0, 0.05) is 35.8 Å². The molecule has 0 unspecified atom stereocenters. The first-order valence-electron chi connectivity index (χ1n) is 7.57. The first-order chi connectivity index (χ1) is 10.5. The van der Waals surface area contributed by atoms with Crippen LogP contribution in [-0.2, 0) is 4.79 Å². The van der Waals surface area contributed by atoms with Gasteiger partial charge in [-0.15, -0.1) is 0 Å². The van der Waals surface area contributed by atoms with Crippen LogP contribution in [0.3, 0.4) is 0 Å². The van der Waals surface area contributed by atoms with Crippen molar-refractivity contribution in [3.63, 3.8) is 0 Å². The number of halogens is 1. The molecule has 2 N–H and O–H groups in total. The van der Waals surface area contributed by atoms with Crippen LogP contribution in [0.4, 0.5) is 10.5 Å². The fourth-order valence-corrected chi connectivity index (χ4v) is 2.46. The van der Waals surface area contributed by atoms with Gasteiger partial charge in [-0.2, -0.15) is 0 Å². The lowest BCUT2D eigenvalue weighted by Gasteiger charge is -2.32. The molecule has 1 saturated heterocycles. The Morgan fingerprint density at radius 3 is 2.32 bits per heavy atom. The van der Waals surface area contributed by atoms with Crippen molar-refractivity contribution >= 4 is 29.2 Å². The van der Waals surface area contributed by atoms with Crippen molar-refractivity contribution in [1.29, 1.82) is 0 Å². The van der Waals surface area contributed by atoms with Gasteiger partial charge in [-0.1, -0.05) is 25.4 Å². The molecular formula is C16H22ClN3O2. The average Bonchev–Trinajstić information content (AvgIpc) is 2.50. The second kappa shape index (κ2) is 7.49. The zero-order valence-electron chi connectivity index (χ0n) is 12.9. The molecule has 0 saturated carbocycles. The highest BCUT2D eigenvalue weighted by atomic mass is 35.5. The van der Waals surface area contributed by atoms with Gasteiger partial charge in [0.15, 0.2) is 0 Å². The van der Waals surface area contributed by atoms with Crippen molar-refractivity contribution in [1.82, 2.24) is 10.2 Å². The lowest BCUT2D eigenvalue weighted by Crippen LogP contribution is -2.48. The Labute approximate surface area is 136 Å². The van der Waals surface area contributed by atoms with E-state index in [9.17, 15) is 9.59 Å². The van der Waals surface area contributed by atoms with Gasteiger partial charge in [0.05, 0.1) is 0 Å². The van der Waals surface area contributed by atoms with E-state index in [0.29, 0.717) is 18.1 Å². The third kappa shape index (κ3) is 4.63. The monoisotopic (exact) mass is 323 g/mol. The summed E-state index contributed by atoms with van der Waals surface area (Å²) in [5.41, 5.74) is 0.727. The number of hydrogen-bond acceptors (Lipinski definition) is 2. The van der Waals surface area contributed by atoms with Crippen molar-refractivity contribution in [2.75, 3.05) is 18.4 Å². The van der Waals surface area contributed by atoms with Crippen LogP contribution < -0.4 is 10.6 Å². The summed E-state index contributed by atoms with van der Waals surface area (Å²) in [6.45, 7) is 5.04. The molecule has 0 spiro atoms. The Bertz CT molecular complexity index is 523. The molecule has 0 bridgehead atoms. The molecule has 2 rings (SSSR count). The van der Waals surface area contributed by atoms with E-state index >= 15 is 0 Å². The minimum absolute atomic E-state index is 0.00812. The number of anilines is 1. The number of amides is 3. The molecule has 3 amide bonds. The molecule has 0 atom stereocenters. The van der Waals surface area contributed by atoms with Gasteiger partial charge < -0.3 is 15.5 Å². The first-order valence-corrected chi connectivity index (χ1v) is 7.95. The smallest absolute Gasteiger partial charge is 0.321 e. The van der Waals surface area contributed by atoms with Crippen molar-refractivity contribution in [2.45, 2.75) is 32.7 Å². The third-order valence-corrected chi connectivity index (χ3v) is 4.00. The van der Waals surface area contributed by atoms with Crippen LogP contribution in [0.2, 0.25) is 5.02 Å². The SMILES string of the molecule is CC(C)C(=O)NC1CCN(C(=O)Nc2ccc(Cl)cc2)CC1. The number of carbonyl (C=O) groups excluding carboxylic acids is 2. The molecule has 5 nitrogen and oxygen atoms in total. The molecule has 120 valence electrons. The normalized spacial score (nSPS) is 15.7.